The molecule has 9 heteroatoms. The van der Waals surface area contributed by atoms with E-state index in [9.17, 15) is 19.5 Å². The molecule has 2 aromatic rings. The Bertz CT molecular complexity index is 1230. The molecule has 5 rings (SSSR count). The van der Waals surface area contributed by atoms with Crippen LogP contribution in [-0.4, -0.2) is 85.6 Å². The number of carbonyl (C=O) groups excluding carboxylic acids is 3. The second-order valence-electron chi connectivity index (χ2n) is 8.97. The molecule has 9 nitrogen and oxygen atoms in total. The van der Waals surface area contributed by atoms with Crippen LogP contribution < -0.4 is 9.64 Å². The predicted octanol–water partition coefficient (Wildman–Crippen LogP) is 1.97. The van der Waals surface area contributed by atoms with Crippen LogP contribution in [0.3, 0.4) is 0 Å². The van der Waals surface area contributed by atoms with Crippen molar-refractivity contribution in [1.29, 1.82) is 0 Å². The molecule has 2 amide bonds. The van der Waals surface area contributed by atoms with Gasteiger partial charge in [0.15, 0.2) is 5.54 Å². The Morgan fingerprint density at radius 3 is 2.39 bits per heavy atom. The van der Waals surface area contributed by atoms with Crippen LogP contribution in [0.4, 0.5) is 5.69 Å². The molecule has 3 aliphatic rings. The lowest BCUT2D eigenvalue weighted by atomic mass is 9.82. The summed E-state index contributed by atoms with van der Waals surface area (Å²) < 4.78 is 10.6. The molecule has 1 spiro atoms. The Labute approximate surface area is 209 Å². The van der Waals surface area contributed by atoms with Gasteiger partial charge in [-0.1, -0.05) is 18.2 Å². The monoisotopic (exact) mass is 491 g/mol. The number of ether oxygens (including phenoxy) is 2. The van der Waals surface area contributed by atoms with E-state index in [0.29, 0.717) is 62.0 Å². The molecule has 0 aliphatic carbocycles. The predicted molar refractivity (Wildman–Crippen MR) is 133 cm³/mol. The number of benzene rings is 2. The van der Waals surface area contributed by atoms with E-state index in [1.54, 1.807) is 47.4 Å². The van der Waals surface area contributed by atoms with E-state index >= 15 is 0 Å². The van der Waals surface area contributed by atoms with E-state index in [1.165, 1.54) is 12.0 Å². The first-order valence-electron chi connectivity index (χ1n) is 12.1. The van der Waals surface area contributed by atoms with Crippen molar-refractivity contribution in [3.63, 3.8) is 0 Å². The first-order valence-corrected chi connectivity index (χ1v) is 12.1. The fourth-order valence-corrected chi connectivity index (χ4v) is 5.44. The van der Waals surface area contributed by atoms with E-state index in [1.807, 2.05) is 13.0 Å². The van der Waals surface area contributed by atoms with Crippen LogP contribution >= 0.6 is 0 Å². The number of methoxy groups -OCH3 is 1. The number of likely N-dealkylation sites (N-methyl/N-ethyl adjacent to an activating group) is 1. The number of rotatable bonds is 6. The number of amides is 2. The minimum Gasteiger partial charge on any atom is -0.507 e. The topological polar surface area (TPSA) is 99.6 Å². The highest BCUT2D eigenvalue weighted by Crippen LogP contribution is 2.53. The third-order valence-corrected chi connectivity index (χ3v) is 7.23. The standard InChI is InChI=1S/C27H29N3O6/c1-3-29-21-7-5-4-6-20(21)27(26(29)34)22(23(31)18-8-10-19(35-2)11-9-18)24(32)25(33)30(27)13-12-28-14-16-36-17-15-28/h4-11,31H,3,12-17H2,1-2H3/t27-/m0/s1. The van der Waals surface area contributed by atoms with E-state index in [-0.39, 0.29) is 17.9 Å². The van der Waals surface area contributed by atoms with Gasteiger partial charge in [-0.25, -0.2) is 0 Å². The van der Waals surface area contributed by atoms with Crippen LogP contribution in [0.25, 0.3) is 5.76 Å². The maximum Gasteiger partial charge on any atom is 0.296 e. The van der Waals surface area contributed by atoms with E-state index in [2.05, 4.69) is 4.90 Å². The minimum absolute atomic E-state index is 0.154. The third-order valence-electron chi connectivity index (χ3n) is 7.23. The average molecular weight is 492 g/mol. The summed E-state index contributed by atoms with van der Waals surface area (Å²) in [6.07, 6.45) is 0. The zero-order valence-electron chi connectivity index (χ0n) is 20.4. The molecule has 1 N–H and O–H groups in total. The molecule has 2 saturated heterocycles. The van der Waals surface area contributed by atoms with Crippen LogP contribution in [0.1, 0.15) is 18.1 Å². The Morgan fingerprint density at radius 2 is 1.72 bits per heavy atom. The van der Waals surface area contributed by atoms with Crippen molar-refractivity contribution in [3.05, 3.63) is 65.2 Å². The van der Waals surface area contributed by atoms with Gasteiger partial charge in [0, 0.05) is 43.9 Å². The van der Waals surface area contributed by atoms with Crippen molar-refractivity contribution in [1.82, 2.24) is 9.80 Å². The zero-order valence-corrected chi connectivity index (χ0v) is 20.4. The van der Waals surface area contributed by atoms with E-state index in [0.717, 1.165) is 0 Å². The largest absolute Gasteiger partial charge is 0.507 e. The Morgan fingerprint density at radius 1 is 1.03 bits per heavy atom. The van der Waals surface area contributed by atoms with Gasteiger partial charge >= 0.3 is 0 Å². The lowest BCUT2D eigenvalue weighted by Gasteiger charge is -2.36. The molecular formula is C27H29N3O6. The molecule has 0 radical (unpaired) electrons. The number of hydrogen-bond donors (Lipinski definition) is 1. The first kappa shape index (κ1) is 24.0. The molecule has 3 heterocycles. The van der Waals surface area contributed by atoms with Crippen molar-refractivity contribution in [2.75, 3.05) is 57.9 Å². The number of aliphatic hydroxyl groups is 1. The summed E-state index contributed by atoms with van der Waals surface area (Å²) >= 11 is 0. The Hall–Kier alpha value is -3.69. The SMILES string of the molecule is CCN1C(=O)[C@@]2(C(=C(O)c3ccc(OC)cc3)C(=O)C(=O)N2CCN2CCOCC2)c2ccccc21. The average Bonchev–Trinajstić information content (AvgIpc) is 3.30. The van der Waals surface area contributed by atoms with Crippen molar-refractivity contribution < 1.29 is 29.0 Å². The second kappa shape index (κ2) is 9.40. The molecule has 2 fully saturated rings. The fraction of sp³-hybridized carbons (Fsp3) is 0.370. The number of morpholine rings is 1. The van der Waals surface area contributed by atoms with E-state index < -0.39 is 23.1 Å². The number of ketones is 1. The summed E-state index contributed by atoms with van der Waals surface area (Å²) in [5, 5.41) is 11.5. The normalized spacial score (nSPS) is 23.6. The summed E-state index contributed by atoms with van der Waals surface area (Å²) in [5.41, 5.74) is -0.469. The van der Waals surface area contributed by atoms with Gasteiger partial charge in [0.05, 0.1) is 31.6 Å². The van der Waals surface area contributed by atoms with Crippen LogP contribution in [0.5, 0.6) is 5.75 Å². The van der Waals surface area contributed by atoms with Gasteiger partial charge in [-0.2, -0.15) is 0 Å². The van der Waals surface area contributed by atoms with Gasteiger partial charge in [0.25, 0.3) is 17.6 Å². The van der Waals surface area contributed by atoms with Crippen molar-refractivity contribution in [2.24, 2.45) is 0 Å². The third kappa shape index (κ3) is 3.50. The van der Waals surface area contributed by atoms with Crippen LogP contribution in [0.2, 0.25) is 0 Å². The lowest BCUT2D eigenvalue weighted by Crippen LogP contribution is -2.54. The molecule has 36 heavy (non-hydrogen) atoms. The summed E-state index contributed by atoms with van der Waals surface area (Å²) in [4.78, 5) is 46.4. The zero-order chi connectivity index (χ0) is 25.4. The molecule has 3 aliphatic heterocycles. The lowest BCUT2D eigenvalue weighted by molar-refractivity contribution is -0.144. The Balaban J connectivity index is 1.69. The number of para-hydroxylation sites is 1. The highest BCUT2D eigenvalue weighted by atomic mass is 16.5. The molecule has 0 bridgehead atoms. The molecule has 0 aromatic heterocycles. The summed E-state index contributed by atoms with van der Waals surface area (Å²) in [6, 6.07) is 13.7. The van der Waals surface area contributed by atoms with Crippen molar-refractivity contribution in [3.8, 4) is 5.75 Å². The molecular weight excluding hydrogens is 462 g/mol. The molecule has 1 atom stereocenters. The maximum atomic E-state index is 14.2. The molecule has 0 unspecified atom stereocenters. The van der Waals surface area contributed by atoms with Crippen LogP contribution in [-0.2, 0) is 24.7 Å². The number of aliphatic hydroxyl groups excluding tert-OH is 1. The summed E-state index contributed by atoms with van der Waals surface area (Å²) in [6.45, 7) is 5.41. The number of likely N-dealkylation sites (tertiary alicyclic amines) is 1. The number of hydrogen-bond acceptors (Lipinski definition) is 7. The van der Waals surface area contributed by atoms with Gasteiger partial charge in [-0.3, -0.25) is 19.3 Å². The second-order valence-corrected chi connectivity index (χ2v) is 8.97. The Kier molecular flexibility index (Phi) is 6.27. The van der Waals surface area contributed by atoms with E-state index in [4.69, 9.17) is 9.47 Å². The number of carbonyl (C=O) groups is 3. The minimum atomic E-state index is -1.74. The molecule has 2 aromatic carbocycles. The smallest absolute Gasteiger partial charge is 0.296 e. The van der Waals surface area contributed by atoms with Gasteiger partial charge in [0.1, 0.15) is 11.5 Å². The summed E-state index contributed by atoms with van der Waals surface area (Å²) in [5.74, 6) is -1.88. The number of Topliss-reactive ketones (excluding diaryl/α,β-unsaturated/α-hetero) is 1. The van der Waals surface area contributed by atoms with Gasteiger partial charge in [0.2, 0.25) is 0 Å². The molecule has 0 saturated carbocycles. The maximum absolute atomic E-state index is 14.2. The highest BCUT2D eigenvalue weighted by molar-refractivity contribution is 6.50. The number of fused-ring (bicyclic) bond motifs is 2. The highest BCUT2D eigenvalue weighted by Gasteiger charge is 2.66. The number of nitrogens with zero attached hydrogens (tertiary/aromatic N) is 3. The number of anilines is 1. The van der Waals surface area contributed by atoms with Gasteiger partial charge in [-0.05, 0) is 37.3 Å². The van der Waals surface area contributed by atoms with Crippen molar-refractivity contribution >= 4 is 29.0 Å². The quantitative estimate of drug-likeness (QED) is 0.375. The van der Waals surface area contributed by atoms with Crippen molar-refractivity contribution in [2.45, 2.75) is 12.5 Å². The fourth-order valence-electron chi connectivity index (χ4n) is 5.44. The van der Waals surface area contributed by atoms with Gasteiger partial charge in [-0.15, -0.1) is 0 Å². The summed E-state index contributed by atoms with van der Waals surface area (Å²) in [7, 11) is 1.53. The van der Waals surface area contributed by atoms with Gasteiger partial charge < -0.3 is 24.4 Å². The van der Waals surface area contributed by atoms with Crippen LogP contribution in [0.15, 0.2) is 54.1 Å². The first-order chi connectivity index (χ1) is 17.4. The van der Waals surface area contributed by atoms with Crippen LogP contribution in [0, 0.1) is 0 Å². The molecule has 188 valence electrons.